The molecule has 24 heavy (non-hydrogen) atoms. The molecule has 0 spiro atoms. The summed E-state index contributed by atoms with van der Waals surface area (Å²) in [5.74, 6) is 0.239. The summed E-state index contributed by atoms with van der Waals surface area (Å²) < 4.78 is 10.4. The second-order valence-electron chi connectivity index (χ2n) is 5.46. The number of amides is 1. The Morgan fingerprint density at radius 2 is 1.92 bits per heavy atom. The quantitative estimate of drug-likeness (QED) is 0.748. The molecule has 3 rings (SSSR count). The summed E-state index contributed by atoms with van der Waals surface area (Å²) in [6.07, 6.45) is 0. The van der Waals surface area contributed by atoms with Crippen molar-refractivity contribution in [3.05, 3.63) is 76.1 Å². The zero-order valence-electron chi connectivity index (χ0n) is 13.4. The van der Waals surface area contributed by atoms with Crippen molar-refractivity contribution in [2.45, 2.75) is 13.0 Å². The van der Waals surface area contributed by atoms with E-state index in [1.165, 1.54) is 0 Å². The number of hydrogen-bond donors (Lipinski definition) is 1. The topological polar surface area (TPSA) is 68.5 Å². The minimum Gasteiger partial charge on any atom is -0.497 e. The lowest BCUT2D eigenvalue weighted by atomic mass is 10.1. The number of methoxy groups -OCH3 is 1. The Kier molecular flexibility index (Phi) is 4.33. The molecule has 0 bridgehead atoms. The third kappa shape index (κ3) is 3.15. The predicted molar refractivity (Wildman–Crippen MR) is 91.4 cm³/mol. The Hall–Kier alpha value is -3.08. The summed E-state index contributed by atoms with van der Waals surface area (Å²) in [4.78, 5) is 24.5. The maximum atomic E-state index is 12.4. The molecule has 0 aliphatic rings. The van der Waals surface area contributed by atoms with E-state index >= 15 is 0 Å². The van der Waals surface area contributed by atoms with Crippen molar-refractivity contribution in [2.75, 3.05) is 7.11 Å². The number of fused-ring (bicyclic) bond motifs is 1. The number of para-hydroxylation sites is 1. The Balaban J connectivity index is 1.86. The van der Waals surface area contributed by atoms with Crippen LogP contribution in [0, 0.1) is 0 Å². The van der Waals surface area contributed by atoms with Gasteiger partial charge >= 0.3 is 5.63 Å². The summed E-state index contributed by atoms with van der Waals surface area (Å²) >= 11 is 0. The van der Waals surface area contributed by atoms with E-state index in [9.17, 15) is 9.59 Å². The van der Waals surface area contributed by atoms with Gasteiger partial charge in [0.1, 0.15) is 16.9 Å². The molecule has 1 aromatic heterocycles. The second-order valence-corrected chi connectivity index (χ2v) is 5.46. The molecule has 3 aromatic rings. The standard InChI is InChI=1S/C19H17NO4/c1-12(13-7-5-8-15(10-13)23-2)20-18(21)16-11-14-6-3-4-9-17(14)24-19(16)22/h3-12H,1-2H3,(H,20,21)/t12-/m1/s1. The Morgan fingerprint density at radius 3 is 2.71 bits per heavy atom. The van der Waals surface area contributed by atoms with Crippen molar-refractivity contribution in [1.29, 1.82) is 0 Å². The molecule has 0 saturated heterocycles. The van der Waals surface area contributed by atoms with Crippen LogP contribution in [0.3, 0.4) is 0 Å². The number of nitrogens with one attached hydrogen (secondary N) is 1. The second kappa shape index (κ2) is 6.58. The van der Waals surface area contributed by atoms with Gasteiger partial charge in [0.15, 0.2) is 0 Å². The first-order valence-electron chi connectivity index (χ1n) is 7.56. The van der Waals surface area contributed by atoms with Crippen LogP contribution in [-0.4, -0.2) is 13.0 Å². The van der Waals surface area contributed by atoms with Crippen molar-refractivity contribution in [1.82, 2.24) is 5.32 Å². The van der Waals surface area contributed by atoms with E-state index in [0.717, 1.165) is 5.56 Å². The van der Waals surface area contributed by atoms with E-state index in [4.69, 9.17) is 9.15 Å². The summed E-state index contributed by atoms with van der Waals surface area (Å²) in [7, 11) is 1.59. The molecular formula is C19H17NO4. The summed E-state index contributed by atoms with van der Waals surface area (Å²) in [6, 6.07) is 15.8. The van der Waals surface area contributed by atoms with Crippen molar-refractivity contribution in [3.63, 3.8) is 0 Å². The van der Waals surface area contributed by atoms with Gasteiger partial charge in [-0.3, -0.25) is 4.79 Å². The van der Waals surface area contributed by atoms with Crippen LogP contribution in [0.25, 0.3) is 11.0 Å². The molecule has 0 aliphatic carbocycles. The molecule has 5 heteroatoms. The molecule has 0 aliphatic heterocycles. The van der Waals surface area contributed by atoms with Crippen molar-refractivity contribution < 1.29 is 13.9 Å². The van der Waals surface area contributed by atoms with E-state index < -0.39 is 11.5 Å². The minimum absolute atomic E-state index is 0.0107. The molecule has 2 aromatic carbocycles. The molecule has 0 fully saturated rings. The van der Waals surface area contributed by atoms with Gasteiger partial charge in [-0.1, -0.05) is 30.3 Å². The molecule has 122 valence electrons. The number of carbonyl (C=O) groups excluding carboxylic acids is 1. The van der Waals surface area contributed by atoms with Gasteiger partial charge in [0.05, 0.1) is 13.2 Å². The Labute approximate surface area is 138 Å². The highest BCUT2D eigenvalue weighted by molar-refractivity contribution is 5.96. The van der Waals surface area contributed by atoms with E-state index in [1.54, 1.807) is 31.4 Å². The molecule has 1 heterocycles. The van der Waals surface area contributed by atoms with Crippen molar-refractivity contribution in [3.8, 4) is 5.75 Å². The van der Waals surface area contributed by atoms with Gasteiger partial charge in [-0.15, -0.1) is 0 Å². The van der Waals surface area contributed by atoms with Crippen LogP contribution in [0.5, 0.6) is 5.75 Å². The highest BCUT2D eigenvalue weighted by Gasteiger charge is 2.17. The van der Waals surface area contributed by atoms with E-state index in [-0.39, 0.29) is 11.6 Å². The van der Waals surface area contributed by atoms with Gasteiger partial charge < -0.3 is 14.5 Å². The summed E-state index contributed by atoms with van der Waals surface area (Å²) in [6.45, 7) is 1.84. The van der Waals surface area contributed by atoms with E-state index in [0.29, 0.717) is 16.7 Å². The van der Waals surface area contributed by atoms with Gasteiger partial charge in [-0.25, -0.2) is 4.79 Å². The van der Waals surface area contributed by atoms with Gasteiger partial charge in [0.25, 0.3) is 5.91 Å². The number of benzene rings is 2. The molecule has 1 amide bonds. The maximum Gasteiger partial charge on any atom is 0.349 e. The lowest BCUT2D eigenvalue weighted by Gasteiger charge is -2.15. The van der Waals surface area contributed by atoms with Gasteiger partial charge in [-0.2, -0.15) is 0 Å². The number of carbonyl (C=O) groups is 1. The minimum atomic E-state index is -0.649. The maximum absolute atomic E-state index is 12.4. The number of rotatable bonds is 4. The Bertz CT molecular complexity index is 945. The number of hydrogen-bond acceptors (Lipinski definition) is 4. The van der Waals surface area contributed by atoms with E-state index in [1.807, 2.05) is 37.3 Å². The molecule has 1 N–H and O–H groups in total. The zero-order chi connectivity index (χ0) is 17.1. The molecule has 0 radical (unpaired) electrons. The fraction of sp³-hybridized carbons (Fsp3) is 0.158. The molecule has 1 atom stereocenters. The van der Waals surface area contributed by atoms with Crippen molar-refractivity contribution >= 4 is 16.9 Å². The van der Waals surface area contributed by atoms with Gasteiger partial charge in [0.2, 0.25) is 0 Å². The van der Waals surface area contributed by atoms with Crippen LogP contribution < -0.4 is 15.7 Å². The average molecular weight is 323 g/mol. The van der Waals surface area contributed by atoms with Crippen LogP contribution in [0.1, 0.15) is 28.9 Å². The highest BCUT2D eigenvalue weighted by atomic mass is 16.5. The monoisotopic (exact) mass is 323 g/mol. The SMILES string of the molecule is COc1cccc([C@@H](C)NC(=O)c2cc3ccccc3oc2=O)c1. The normalized spacial score (nSPS) is 11.9. The molecule has 0 saturated carbocycles. The molecule has 0 unspecified atom stereocenters. The first-order chi connectivity index (χ1) is 11.6. The van der Waals surface area contributed by atoms with Crippen LogP contribution in [0.4, 0.5) is 0 Å². The molecular weight excluding hydrogens is 306 g/mol. The van der Waals surface area contributed by atoms with Crippen LogP contribution in [0.2, 0.25) is 0 Å². The predicted octanol–water partition coefficient (Wildman–Crippen LogP) is 3.29. The third-order valence-electron chi connectivity index (χ3n) is 3.83. The highest BCUT2D eigenvalue weighted by Crippen LogP contribution is 2.19. The number of ether oxygens (including phenoxy) is 1. The fourth-order valence-corrected chi connectivity index (χ4v) is 2.49. The lowest BCUT2D eigenvalue weighted by Crippen LogP contribution is -2.30. The van der Waals surface area contributed by atoms with Crippen LogP contribution in [0.15, 0.2) is 63.8 Å². The van der Waals surface area contributed by atoms with E-state index in [2.05, 4.69) is 5.32 Å². The van der Waals surface area contributed by atoms with Gasteiger partial charge in [0, 0.05) is 5.39 Å². The average Bonchev–Trinajstić information content (AvgIpc) is 2.61. The lowest BCUT2D eigenvalue weighted by molar-refractivity contribution is 0.0936. The Morgan fingerprint density at radius 1 is 1.12 bits per heavy atom. The van der Waals surface area contributed by atoms with Crippen molar-refractivity contribution in [2.24, 2.45) is 0 Å². The third-order valence-corrected chi connectivity index (χ3v) is 3.83. The summed E-state index contributed by atoms with van der Waals surface area (Å²) in [5.41, 5.74) is 0.681. The van der Waals surface area contributed by atoms with Gasteiger partial charge in [-0.05, 0) is 36.8 Å². The van der Waals surface area contributed by atoms with Crippen LogP contribution >= 0.6 is 0 Å². The zero-order valence-corrected chi connectivity index (χ0v) is 13.4. The first kappa shape index (κ1) is 15.8. The van der Waals surface area contributed by atoms with Crippen LogP contribution in [-0.2, 0) is 0 Å². The fourth-order valence-electron chi connectivity index (χ4n) is 2.49. The summed E-state index contributed by atoms with van der Waals surface area (Å²) in [5, 5.41) is 3.52. The largest absolute Gasteiger partial charge is 0.497 e. The first-order valence-corrected chi connectivity index (χ1v) is 7.56. The molecule has 5 nitrogen and oxygen atoms in total. The smallest absolute Gasteiger partial charge is 0.349 e.